The van der Waals surface area contributed by atoms with Gasteiger partial charge in [-0.3, -0.25) is 0 Å². The number of carboxylic acid groups (broad SMARTS) is 2. The highest BCUT2D eigenvalue weighted by atomic mass is 19.4. The molecule has 2 aromatic rings. The maximum Gasteiger partial charge on any atom is 0.490 e. The molecule has 0 bridgehead atoms. The monoisotopic (exact) mass is 326 g/mol. The smallest absolute Gasteiger partial charge is 0.478 e. The van der Waals surface area contributed by atoms with Crippen LogP contribution in [0.25, 0.3) is 11.1 Å². The molecular formula is C16H13F3O4. The Hall–Kier alpha value is -2.83. The number of halogens is 3. The highest BCUT2D eigenvalue weighted by molar-refractivity contribution is 5.97. The van der Waals surface area contributed by atoms with E-state index in [1.54, 1.807) is 0 Å². The predicted molar refractivity (Wildman–Crippen MR) is 77.3 cm³/mol. The third kappa shape index (κ3) is 5.14. The van der Waals surface area contributed by atoms with Gasteiger partial charge in [0.1, 0.15) is 0 Å². The molecule has 4 nitrogen and oxygen atoms in total. The van der Waals surface area contributed by atoms with Crippen LogP contribution in [0.2, 0.25) is 0 Å². The van der Waals surface area contributed by atoms with Crippen LogP contribution in [0.3, 0.4) is 0 Å². The van der Waals surface area contributed by atoms with Gasteiger partial charge in [-0.05, 0) is 23.6 Å². The van der Waals surface area contributed by atoms with Gasteiger partial charge in [-0.1, -0.05) is 48.5 Å². The van der Waals surface area contributed by atoms with Crippen LogP contribution in [-0.4, -0.2) is 28.3 Å². The molecule has 23 heavy (non-hydrogen) atoms. The zero-order valence-corrected chi connectivity index (χ0v) is 12.0. The lowest BCUT2D eigenvalue weighted by atomic mass is 9.96. The number of rotatable bonds is 2. The largest absolute Gasteiger partial charge is 0.490 e. The second-order valence-electron chi connectivity index (χ2n) is 4.47. The SMILES string of the molecule is Cc1cccc(-c2ccccc2)c1C(=O)O.O=C(O)C(F)(F)F. The summed E-state index contributed by atoms with van der Waals surface area (Å²) in [6.07, 6.45) is -5.08. The summed E-state index contributed by atoms with van der Waals surface area (Å²) < 4.78 is 31.7. The summed E-state index contributed by atoms with van der Waals surface area (Å²) in [5, 5.41) is 16.3. The number of hydrogen-bond acceptors (Lipinski definition) is 2. The van der Waals surface area contributed by atoms with Gasteiger partial charge in [0.15, 0.2) is 0 Å². The summed E-state index contributed by atoms with van der Waals surface area (Å²) in [6, 6.07) is 15.1. The van der Waals surface area contributed by atoms with Crippen LogP contribution in [0.5, 0.6) is 0 Å². The summed E-state index contributed by atoms with van der Waals surface area (Å²) in [5.74, 6) is -3.63. The third-order valence-corrected chi connectivity index (χ3v) is 2.81. The fraction of sp³-hybridized carbons (Fsp3) is 0.125. The Kier molecular flexibility index (Phi) is 5.89. The summed E-state index contributed by atoms with van der Waals surface area (Å²) in [6.45, 7) is 1.82. The number of alkyl halides is 3. The van der Waals surface area contributed by atoms with Crippen LogP contribution in [0.15, 0.2) is 48.5 Å². The Morgan fingerprint density at radius 1 is 0.913 bits per heavy atom. The molecule has 122 valence electrons. The number of hydrogen-bond donors (Lipinski definition) is 2. The first kappa shape index (κ1) is 18.2. The number of aliphatic carboxylic acids is 1. The van der Waals surface area contributed by atoms with Crippen molar-refractivity contribution in [3.63, 3.8) is 0 Å². The van der Waals surface area contributed by atoms with E-state index in [0.717, 1.165) is 16.7 Å². The van der Waals surface area contributed by atoms with E-state index in [0.29, 0.717) is 5.56 Å². The van der Waals surface area contributed by atoms with Gasteiger partial charge in [0.2, 0.25) is 0 Å². The molecule has 0 saturated heterocycles. The van der Waals surface area contributed by atoms with E-state index in [2.05, 4.69) is 0 Å². The molecule has 0 radical (unpaired) electrons. The summed E-state index contributed by atoms with van der Waals surface area (Å²) in [4.78, 5) is 20.1. The molecular weight excluding hydrogens is 313 g/mol. The molecule has 0 spiro atoms. The lowest BCUT2D eigenvalue weighted by Crippen LogP contribution is -2.21. The molecule has 0 amide bonds. The Morgan fingerprint density at radius 2 is 1.43 bits per heavy atom. The second-order valence-corrected chi connectivity index (χ2v) is 4.47. The van der Waals surface area contributed by atoms with Crippen LogP contribution in [0.1, 0.15) is 15.9 Å². The molecule has 7 heteroatoms. The Balaban J connectivity index is 0.000000322. The van der Waals surface area contributed by atoms with Crippen LogP contribution < -0.4 is 0 Å². The van der Waals surface area contributed by atoms with E-state index in [1.807, 2.05) is 55.5 Å². The maximum absolute atomic E-state index is 11.2. The molecule has 0 aliphatic rings. The topological polar surface area (TPSA) is 74.6 Å². The molecule has 0 aliphatic heterocycles. The normalized spacial score (nSPS) is 10.4. The standard InChI is InChI=1S/C14H12O2.C2HF3O2/c1-10-6-5-9-12(13(10)14(15)16)11-7-3-2-4-8-11;3-2(4,5)1(6)7/h2-9H,1H3,(H,15,16);(H,6,7). The number of carbonyl (C=O) groups is 2. The highest BCUT2D eigenvalue weighted by Crippen LogP contribution is 2.25. The second kappa shape index (κ2) is 7.44. The molecule has 0 fully saturated rings. The lowest BCUT2D eigenvalue weighted by molar-refractivity contribution is -0.192. The van der Waals surface area contributed by atoms with Crippen molar-refractivity contribution in [2.75, 3.05) is 0 Å². The number of aryl methyl sites for hydroxylation is 1. The molecule has 2 N–H and O–H groups in total. The molecule has 0 aliphatic carbocycles. The molecule has 0 unspecified atom stereocenters. The van der Waals surface area contributed by atoms with Gasteiger partial charge in [0.05, 0.1) is 5.56 Å². The van der Waals surface area contributed by atoms with E-state index in [-0.39, 0.29) is 0 Å². The van der Waals surface area contributed by atoms with E-state index < -0.39 is 18.1 Å². The van der Waals surface area contributed by atoms with Crippen molar-refractivity contribution in [3.8, 4) is 11.1 Å². The minimum atomic E-state index is -5.08. The van der Waals surface area contributed by atoms with Crippen LogP contribution in [-0.2, 0) is 4.79 Å². The van der Waals surface area contributed by atoms with E-state index >= 15 is 0 Å². The summed E-state index contributed by atoms with van der Waals surface area (Å²) >= 11 is 0. The van der Waals surface area contributed by atoms with E-state index in [4.69, 9.17) is 9.90 Å². The van der Waals surface area contributed by atoms with Crippen molar-refractivity contribution in [2.45, 2.75) is 13.1 Å². The first-order valence-electron chi connectivity index (χ1n) is 6.33. The van der Waals surface area contributed by atoms with E-state index in [9.17, 15) is 23.1 Å². The minimum Gasteiger partial charge on any atom is -0.478 e. The third-order valence-electron chi connectivity index (χ3n) is 2.81. The van der Waals surface area contributed by atoms with Crippen molar-refractivity contribution in [1.82, 2.24) is 0 Å². The Morgan fingerprint density at radius 3 is 1.87 bits per heavy atom. The van der Waals surface area contributed by atoms with Crippen LogP contribution in [0.4, 0.5) is 13.2 Å². The van der Waals surface area contributed by atoms with Crippen molar-refractivity contribution in [3.05, 3.63) is 59.7 Å². The van der Waals surface area contributed by atoms with Gasteiger partial charge in [0, 0.05) is 0 Å². The number of aromatic carboxylic acids is 1. The maximum atomic E-state index is 11.2. The zero-order valence-electron chi connectivity index (χ0n) is 12.0. The Bertz CT molecular complexity index is 694. The Labute approximate surface area is 129 Å². The highest BCUT2D eigenvalue weighted by Gasteiger charge is 2.38. The van der Waals surface area contributed by atoms with Crippen molar-refractivity contribution >= 4 is 11.9 Å². The first-order chi connectivity index (χ1) is 10.6. The quantitative estimate of drug-likeness (QED) is 0.875. The zero-order chi connectivity index (χ0) is 17.6. The predicted octanol–water partition coefficient (Wildman–Crippen LogP) is 3.99. The van der Waals surface area contributed by atoms with Gasteiger partial charge < -0.3 is 10.2 Å². The van der Waals surface area contributed by atoms with Crippen LogP contribution >= 0.6 is 0 Å². The van der Waals surface area contributed by atoms with Gasteiger partial charge in [0.25, 0.3) is 0 Å². The molecule has 0 heterocycles. The molecule has 0 atom stereocenters. The number of carboxylic acids is 2. The molecule has 2 rings (SSSR count). The number of benzene rings is 2. The average molecular weight is 326 g/mol. The van der Waals surface area contributed by atoms with Gasteiger partial charge in [-0.25, -0.2) is 9.59 Å². The molecule has 0 saturated carbocycles. The first-order valence-corrected chi connectivity index (χ1v) is 6.33. The summed E-state index contributed by atoms with van der Waals surface area (Å²) in [5.41, 5.74) is 2.87. The molecule has 0 aromatic heterocycles. The van der Waals surface area contributed by atoms with Crippen molar-refractivity contribution in [2.24, 2.45) is 0 Å². The fourth-order valence-corrected chi connectivity index (χ4v) is 1.81. The lowest BCUT2D eigenvalue weighted by Gasteiger charge is -2.08. The van der Waals surface area contributed by atoms with Crippen LogP contribution in [0, 0.1) is 6.92 Å². The average Bonchev–Trinajstić information content (AvgIpc) is 2.47. The van der Waals surface area contributed by atoms with Crippen molar-refractivity contribution in [1.29, 1.82) is 0 Å². The van der Waals surface area contributed by atoms with Gasteiger partial charge in [-0.15, -0.1) is 0 Å². The van der Waals surface area contributed by atoms with E-state index in [1.165, 1.54) is 0 Å². The summed E-state index contributed by atoms with van der Waals surface area (Å²) in [7, 11) is 0. The molecule has 2 aromatic carbocycles. The van der Waals surface area contributed by atoms with Gasteiger partial charge >= 0.3 is 18.1 Å². The van der Waals surface area contributed by atoms with Gasteiger partial charge in [-0.2, -0.15) is 13.2 Å². The fourth-order valence-electron chi connectivity index (χ4n) is 1.81. The van der Waals surface area contributed by atoms with Crippen molar-refractivity contribution < 1.29 is 33.0 Å². The minimum absolute atomic E-state index is 0.383.